The lowest BCUT2D eigenvalue weighted by atomic mass is 10.4. The molecule has 66 valence electrons. The van der Waals surface area contributed by atoms with Crippen LogP contribution >= 0.6 is 0 Å². The maximum atomic E-state index is 11.6. The monoisotopic (exact) mass is 171 g/mol. The molecule has 0 aromatic carbocycles. The van der Waals surface area contributed by atoms with Crippen molar-refractivity contribution in [3.8, 4) is 0 Å². The van der Waals surface area contributed by atoms with E-state index in [1.165, 1.54) is 0 Å². The van der Waals surface area contributed by atoms with Gasteiger partial charge in [-0.15, -0.1) is 0 Å². The number of amides is 1. The Hall–Kier alpha value is -1.32. The second kappa shape index (κ2) is 3.90. The Morgan fingerprint density at radius 2 is 2.42 bits per heavy atom. The van der Waals surface area contributed by atoms with E-state index in [1.54, 1.807) is 19.1 Å². The summed E-state index contributed by atoms with van der Waals surface area (Å²) in [6.07, 6.45) is 0. The Labute approximate surface area is 69.6 Å². The predicted octanol–water partition coefficient (Wildman–Crippen LogP) is 1.29. The third kappa shape index (κ3) is 2.08. The van der Waals surface area contributed by atoms with Crippen molar-refractivity contribution >= 4 is 5.91 Å². The van der Waals surface area contributed by atoms with E-state index in [-0.39, 0.29) is 18.2 Å². The number of nitrogens with one attached hydrogen (secondary N) is 1. The van der Waals surface area contributed by atoms with Gasteiger partial charge in [-0.25, -0.2) is 4.39 Å². The van der Waals surface area contributed by atoms with Crippen LogP contribution in [0.1, 0.15) is 16.3 Å². The second-order valence-corrected chi connectivity index (χ2v) is 2.36. The summed E-state index contributed by atoms with van der Waals surface area (Å²) in [6, 6.07) is 3.24. The van der Waals surface area contributed by atoms with Gasteiger partial charge in [0.1, 0.15) is 12.4 Å². The van der Waals surface area contributed by atoms with Gasteiger partial charge in [-0.05, 0) is 19.1 Å². The molecule has 1 rings (SSSR count). The highest BCUT2D eigenvalue weighted by molar-refractivity contribution is 5.91. The van der Waals surface area contributed by atoms with E-state index in [9.17, 15) is 9.18 Å². The summed E-state index contributed by atoms with van der Waals surface area (Å²) in [4.78, 5) is 11.0. The van der Waals surface area contributed by atoms with E-state index >= 15 is 0 Å². The van der Waals surface area contributed by atoms with Gasteiger partial charge in [0.25, 0.3) is 5.91 Å². The van der Waals surface area contributed by atoms with Gasteiger partial charge in [0.05, 0.1) is 0 Å². The number of hydrogen-bond donors (Lipinski definition) is 1. The molecule has 4 heteroatoms. The molecular formula is C8H10FNO2. The topological polar surface area (TPSA) is 42.2 Å². The molecule has 1 amide bonds. The molecule has 0 aliphatic rings. The van der Waals surface area contributed by atoms with Crippen molar-refractivity contribution in [1.29, 1.82) is 0 Å². The van der Waals surface area contributed by atoms with Crippen LogP contribution in [-0.4, -0.2) is 19.1 Å². The van der Waals surface area contributed by atoms with Crippen LogP contribution in [0.2, 0.25) is 0 Å². The molecule has 0 saturated heterocycles. The lowest BCUT2D eigenvalue weighted by Crippen LogP contribution is -2.24. The van der Waals surface area contributed by atoms with E-state index in [0.717, 1.165) is 0 Å². The smallest absolute Gasteiger partial charge is 0.287 e. The number of aryl methyl sites for hydroxylation is 1. The molecule has 1 aromatic heterocycles. The van der Waals surface area contributed by atoms with E-state index in [0.29, 0.717) is 5.76 Å². The van der Waals surface area contributed by atoms with Crippen LogP contribution in [-0.2, 0) is 0 Å². The number of carbonyl (C=O) groups excluding carboxylic acids is 1. The standard InChI is InChI=1S/C8H10FNO2/c1-6-2-3-7(12-6)8(11)10-5-4-9/h2-3H,4-5H2,1H3,(H,10,11). The third-order valence-corrected chi connectivity index (χ3v) is 1.34. The van der Waals surface area contributed by atoms with Gasteiger partial charge in [-0.1, -0.05) is 0 Å². The summed E-state index contributed by atoms with van der Waals surface area (Å²) < 4.78 is 16.6. The van der Waals surface area contributed by atoms with Gasteiger partial charge in [0, 0.05) is 6.54 Å². The van der Waals surface area contributed by atoms with E-state index in [2.05, 4.69) is 5.32 Å². The van der Waals surface area contributed by atoms with Gasteiger partial charge in [0.2, 0.25) is 0 Å². The largest absolute Gasteiger partial charge is 0.456 e. The maximum Gasteiger partial charge on any atom is 0.287 e. The Bertz CT molecular complexity index is 270. The SMILES string of the molecule is Cc1ccc(C(=O)NCCF)o1. The Morgan fingerprint density at radius 3 is 2.92 bits per heavy atom. The molecule has 0 fully saturated rings. The highest BCUT2D eigenvalue weighted by Crippen LogP contribution is 2.05. The molecule has 12 heavy (non-hydrogen) atoms. The highest BCUT2D eigenvalue weighted by atomic mass is 19.1. The molecule has 1 N–H and O–H groups in total. The first-order chi connectivity index (χ1) is 5.74. The van der Waals surface area contributed by atoms with Crippen molar-refractivity contribution in [2.75, 3.05) is 13.2 Å². The molecule has 3 nitrogen and oxygen atoms in total. The van der Waals surface area contributed by atoms with E-state index in [4.69, 9.17) is 4.42 Å². The normalized spacial score (nSPS) is 9.83. The van der Waals surface area contributed by atoms with Crippen molar-refractivity contribution in [2.24, 2.45) is 0 Å². The summed E-state index contributed by atoms with van der Waals surface area (Å²) in [5.74, 6) is 0.516. The zero-order chi connectivity index (χ0) is 8.97. The highest BCUT2D eigenvalue weighted by Gasteiger charge is 2.07. The first kappa shape index (κ1) is 8.77. The fraction of sp³-hybridized carbons (Fsp3) is 0.375. The predicted molar refractivity (Wildman–Crippen MR) is 41.8 cm³/mol. The van der Waals surface area contributed by atoms with Crippen molar-refractivity contribution in [3.63, 3.8) is 0 Å². The average Bonchev–Trinajstić information content (AvgIpc) is 2.47. The Morgan fingerprint density at radius 1 is 1.67 bits per heavy atom. The van der Waals surface area contributed by atoms with Gasteiger partial charge >= 0.3 is 0 Å². The molecular weight excluding hydrogens is 161 g/mol. The molecule has 0 aliphatic heterocycles. The average molecular weight is 171 g/mol. The van der Waals surface area contributed by atoms with E-state index in [1.807, 2.05) is 0 Å². The van der Waals surface area contributed by atoms with Gasteiger partial charge < -0.3 is 9.73 Å². The summed E-state index contributed by atoms with van der Waals surface area (Å²) >= 11 is 0. The first-order valence-electron chi connectivity index (χ1n) is 3.64. The Balaban J connectivity index is 2.53. The summed E-state index contributed by atoms with van der Waals surface area (Å²) in [5, 5.41) is 2.35. The number of furan rings is 1. The van der Waals surface area contributed by atoms with Gasteiger partial charge in [0.15, 0.2) is 5.76 Å². The fourth-order valence-electron chi connectivity index (χ4n) is 0.804. The minimum absolute atomic E-state index is 0.0264. The molecule has 1 heterocycles. The molecule has 0 spiro atoms. The van der Waals surface area contributed by atoms with Crippen molar-refractivity contribution in [1.82, 2.24) is 5.32 Å². The molecule has 0 aliphatic carbocycles. The molecule has 0 radical (unpaired) electrons. The van der Waals surface area contributed by atoms with Crippen LogP contribution in [0.4, 0.5) is 4.39 Å². The van der Waals surface area contributed by atoms with Crippen LogP contribution in [0, 0.1) is 6.92 Å². The second-order valence-electron chi connectivity index (χ2n) is 2.36. The molecule has 1 aromatic rings. The van der Waals surface area contributed by atoms with Crippen LogP contribution in [0.3, 0.4) is 0 Å². The lowest BCUT2D eigenvalue weighted by molar-refractivity contribution is 0.0922. The van der Waals surface area contributed by atoms with Gasteiger partial charge in [-0.3, -0.25) is 4.79 Å². The third-order valence-electron chi connectivity index (χ3n) is 1.34. The lowest BCUT2D eigenvalue weighted by Gasteiger charge is -1.97. The molecule has 0 bridgehead atoms. The minimum atomic E-state index is -0.564. The van der Waals surface area contributed by atoms with Crippen molar-refractivity contribution < 1.29 is 13.6 Å². The summed E-state index contributed by atoms with van der Waals surface area (Å²) in [5.41, 5.74) is 0. The van der Waals surface area contributed by atoms with Crippen LogP contribution in [0.5, 0.6) is 0 Å². The quantitative estimate of drug-likeness (QED) is 0.744. The zero-order valence-electron chi connectivity index (χ0n) is 6.76. The number of carbonyl (C=O) groups is 1. The van der Waals surface area contributed by atoms with Crippen molar-refractivity contribution in [3.05, 3.63) is 23.7 Å². The van der Waals surface area contributed by atoms with E-state index < -0.39 is 6.67 Å². The number of halogens is 1. The number of hydrogen-bond acceptors (Lipinski definition) is 2. The van der Waals surface area contributed by atoms with Crippen LogP contribution in [0.15, 0.2) is 16.5 Å². The zero-order valence-corrected chi connectivity index (χ0v) is 6.76. The van der Waals surface area contributed by atoms with Gasteiger partial charge in [-0.2, -0.15) is 0 Å². The fourth-order valence-corrected chi connectivity index (χ4v) is 0.804. The maximum absolute atomic E-state index is 11.6. The summed E-state index contributed by atoms with van der Waals surface area (Å²) in [6.45, 7) is 1.20. The van der Waals surface area contributed by atoms with Crippen molar-refractivity contribution in [2.45, 2.75) is 6.92 Å². The molecule has 0 unspecified atom stereocenters. The molecule has 0 atom stereocenters. The van der Waals surface area contributed by atoms with Crippen LogP contribution in [0.25, 0.3) is 0 Å². The number of rotatable bonds is 3. The number of alkyl halides is 1. The first-order valence-corrected chi connectivity index (χ1v) is 3.64. The summed E-state index contributed by atoms with van der Waals surface area (Å²) in [7, 11) is 0. The molecule has 0 saturated carbocycles. The van der Waals surface area contributed by atoms with Crippen LogP contribution < -0.4 is 5.32 Å². The minimum Gasteiger partial charge on any atom is -0.456 e. The Kier molecular flexibility index (Phi) is 2.85.